The van der Waals surface area contributed by atoms with Crippen LogP contribution in [0.1, 0.15) is 28.8 Å². The molecule has 1 aromatic carbocycles. The van der Waals surface area contributed by atoms with Gasteiger partial charge >= 0.3 is 0 Å². The van der Waals surface area contributed by atoms with Crippen molar-refractivity contribution in [3.8, 4) is 5.82 Å². The number of amides is 1. The molecule has 1 fully saturated rings. The second kappa shape index (κ2) is 8.54. The molecular formula is C21H22ClN5O. The average Bonchev–Trinajstić information content (AvgIpc) is 3.26. The van der Waals surface area contributed by atoms with Crippen molar-refractivity contribution in [3.05, 3.63) is 77.5 Å². The zero-order valence-corrected chi connectivity index (χ0v) is 16.2. The maximum Gasteiger partial charge on any atom is 0.253 e. The molecule has 3 aromatic rings. The van der Waals surface area contributed by atoms with E-state index < -0.39 is 0 Å². The van der Waals surface area contributed by atoms with Crippen LogP contribution in [-0.4, -0.2) is 44.5 Å². The highest BCUT2D eigenvalue weighted by molar-refractivity contribution is 6.30. The first-order chi connectivity index (χ1) is 13.7. The maximum absolute atomic E-state index is 12.5. The van der Waals surface area contributed by atoms with E-state index in [0.717, 1.165) is 43.3 Å². The van der Waals surface area contributed by atoms with Crippen molar-refractivity contribution in [3.63, 3.8) is 0 Å². The number of nitrogens with one attached hydrogen (secondary N) is 1. The molecule has 6 nitrogen and oxygen atoms in total. The summed E-state index contributed by atoms with van der Waals surface area (Å²) in [6, 6.07) is 11.8. The Hall–Kier alpha value is -2.70. The van der Waals surface area contributed by atoms with Gasteiger partial charge in [0.1, 0.15) is 12.1 Å². The highest BCUT2D eigenvalue weighted by atomic mass is 35.5. The van der Waals surface area contributed by atoms with Crippen LogP contribution in [0.3, 0.4) is 0 Å². The fourth-order valence-electron chi connectivity index (χ4n) is 3.42. The van der Waals surface area contributed by atoms with Gasteiger partial charge in [-0.3, -0.25) is 14.3 Å². The van der Waals surface area contributed by atoms with E-state index in [2.05, 4.69) is 32.3 Å². The Bertz CT molecular complexity index is 901. The van der Waals surface area contributed by atoms with Crippen LogP contribution in [0.4, 0.5) is 0 Å². The monoisotopic (exact) mass is 395 g/mol. The number of likely N-dealkylation sites (tertiary alicyclic amines) is 1. The number of nitrogens with zero attached hydrogens (tertiary/aromatic N) is 4. The third kappa shape index (κ3) is 4.58. The number of piperidine rings is 1. The van der Waals surface area contributed by atoms with Crippen LogP contribution in [0.25, 0.3) is 5.82 Å². The third-order valence-corrected chi connectivity index (χ3v) is 5.27. The second-order valence-corrected chi connectivity index (χ2v) is 7.46. The first-order valence-corrected chi connectivity index (χ1v) is 9.77. The SMILES string of the molecule is O=C(NC1CCN(Cc2ccc(Cl)cc2)CC1)c1ccc(-n2ccnc2)nc1. The van der Waals surface area contributed by atoms with Gasteiger partial charge in [0.2, 0.25) is 0 Å². The van der Waals surface area contributed by atoms with E-state index in [1.54, 1.807) is 29.4 Å². The Balaban J connectivity index is 1.27. The molecule has 28 heavy (non-hydrogen) atoms. The molecule has 0 spiro atoms. The lowest BCUT2D eigenvalue weighted by Crippen LogP contribution is -2.44. The van der Waals surface area contributed by atoms with E-state index in [9.17, 15) is 4.79 Å². The van der Waals surface area contributed by atoms with E-state index in [1.807, 2.05) is 24.4 Å². The van der Waals surface area contributed by atoms with E-state index in [1.165, 1.54) is 5.56 Å². The Morgan fingerprint density at radius 3 is 2.57 bits per heavy atom. The molecule has 0 aliphatic carbocycles. The van der Waals surface area contributed by atoms with Crippen molar-refractivity contribution in [2.24, 2.45) is 0 Å². The number of aromatic nitrogens is 3. The van der Waals surface area contributed by atoms with Crippen LogP contribution in [0.15, 0.2) is 61.3 Å². The van der Waals surface area contributed by atoms with Gasteiger partial charge in [-0.2, -0.15) is 0 Å². The van der Waals surface area contributed by atoms with Gasteiger partial charge in [-0.05, 0) is 42.7 Å². The molecule has 144 valence electrons. The first-order valence-electron chi connectivity index (χ1n) is 9.39. The number of imidazole rings is 1. The summed E-state index contributed by atoms with van der Waals surface area (Å²) in [6.45, 7) is 2.84. The molecule has 1 N–H and O–H groups in total. The number of halogens is 1. The minimum absolute atomic E-state index is 0.0687. The second-order valence-electron chi connectivity index (χ2n) is 7.03. The maximum atomic E-state index is 12.5. The van der Waals surface area contributed by atoms with E-state index in [-0.39, 0.29) is 11.9 Å². The quantitative estimate of drug-likeness (QED) is 0.719. The standard InChI is InChI=1S/C21H22ClN5O/c22-18-4-1-16(2-5-18)14-26-10-7-19(8-11-26)25-21(28)17-3-6-20(24-13-17)27-12-9-23-15-27/h1-6,9,12-13,15,19H,7-8,10-11,14H2,(H,25,28). The minimum atomic E-state index is -0.0687. The molecular weight excluding hydrogens is 374 g/mol. The molecule has 2 aromatic heterocycles. The van der Waals surface area contributed by atoms with Crippen LogP contribution in [0.2, 0.25) is 5.02 Å². The molecule has 1 aliphatic rings. The fourth-order valence-corrected chi connectivity index (χ4v) is 3.55. The highest BCUT2D eigenvalue weighted by Crippen LogP contribution is 2.16. The van der Waals surface area contributed by atoms with Crippen LogP contribution in [-0.2, 0) is 6.54 Å². The van der Waals surface area contributed by atoms with Crippen molar-refractivity contribution in [1.82, 2.24) is 24.8 Å². The number of carbonyl (C=O) groups excluding carboxylic acids is 1. The van der Waals surface area contributed by atoms with Crippen molar-refractivity contribution in [2.75, 3.05) is 13.1 Å². The zero-order valence-electron chi connectivity index (χ0n) is 15.5. The summed E-state index contributed by atoms with van der Waals surface area (Å²) < 4.78 is 1.80. The summed E-state index contributed by atoms with van der Waals surface area (Å²) in [5.41, 5.74) is 1.84. The number of hydrogen-bond donors (Lipinski definition) is 1. The smallest absolute Gasteiger partial charge is 0.253 e. The summed E-state index contributed by atoms with van der Waals surface area (Å²) in [4.78, 5) is 23.3. The molecule has 0 atom stereocenters. The number of benzene rings is 1. The summed E-state index contributed by atoms with van der Waals surface area (Å²) in [7, 11) is 0. The van der Waals surface area contributed by atoms with Crippen LogP contribution in [0.5, 0.6) is 0 Å². The Morgan fingerprint density at radius 1 is 1.14 bits per heavy atom. The Kier molecular flexibility index (Phi) is 5.69. The van der Waals surface area contributed by atoms with E-state index >= 15 is 0 Å². The van der Waals surface area contributed by atoms with Crippen LogP contribution >= 0.6 is 11.6 Å². The van der Waals surface area contributed by atoms with Crippen molar-refractivity contribution in [1.29, 1.82) is 0 Å². The summed E-state index contributed by atoms with van der Waals surface area (Å²) >= 11 is 5.94. The van der Waals surface area contributed by atoms with Gasteiger partial charge < -0.3 is 5.32 Å². The lowest BCUT2D eigenvalue weighted by molar-refractivity contribution is 0.0908. The minimum Gasteiger partial charge on any atom is -0.349 e. The van der Waals surface area contributed by atoms with Gasteiger partial charge in [0, 0.05) is 49.3 Å². The van der Waals surface area contributed by atoms with Crippen molar-refractivity contribution < 1.29 is 4.79 Å². The van der Waals surface area contributed by atoms with Gasteiger partial charge in [-0.25, -0.2) is 9.97 Å². The van der Waals surface area contributed by atoms with Crippen molar-refractivity contribution >= 4 is 17.5 Å². The van der Waals surface area contributed by atoms with Gasteiger partial charge in [-0.1, -0.05) is 23.7 Å². The topological polar surface area (TPSA) is 63.1 Å². The highest BCUT2D eigenvalue weighted by Gasteiger charge is 2.21. The zero-order chi connectivity index (χ0) is 19.3. The molecule has 1 aliphatic heterocycles. The largest absolute Gasteiger partial charge is 0.349 e. The average molecular weight is 396 g/mol. The van der Waals surface area contributed by atoms with Gasteiger partial charge in [0.05, 0.1) is 5.56 Å². The summed E-state index contributed by atoms with van der Waals surface area (Å²) in [6.07, 6.45) is 8.70. The molecule has 4 rings (SSSR count). The summed E-state index contributed by atoms with van der Waals surface area (Å²) in [5, 5.41) is 3.90. The Labute approximate surface area is 169 Å². The number of carbonyl (C=O) groups is 1. The number of rotatable bonds is 5. The van der Waals surface area contributed by atoms with Gasteiger partial charge in [0.25, 0.3) is 5.91 Å². The Morgan fingerprint density at radius 2 is 1.93 bits per heavy atom. The molecule has 0 unspecified atom stereocenters. The lowest BCUT2D eigenvalue weighted by atomic mass is 10.0. The molecule has 0 saturated carbocycles. The number of hydrogen-bond acceptors (Lipinski definition) is 4. The van der Waals surface area contributed by atoms with Crippen molar-refractivity contribution in [2.45, 2.75) is 25.4 Å². The lowest BCUT2D eigenvalue weighted by Gasteiger charge is -2.32. The van der Waals surface area contributed by atoms with Crippen LogP contribution in [0, 0.1) is 0 Å². The third-order valence-electron chi connectivity index (χ3n) is 5.02. The van der Waals surface area contributed by atoms with E-state index in [4.69, 9.17) is 11.6 Å². The molecule has 0 bridgehead atoms. The molecule has 7 heteroatoms. The fraction of sp³-hybridized carbons (Fsp3) is 0.286. The van der Waals surface area contributed by atoms with E-state index in [0.29, 0.717) is 5.56 Å². The molecule has 1 saturated heterocycles. The summed E-state index contributed by atoms with van der Waals surface area (Å²) in [5.74, 6) is 0.672. The molecule has 0 radical (unpaired) electrons. The normalized spacial score (nSPS) is 15.5. The molecule has 3 heterocycles. The predicted molar refractivity (Wildman–Crippen MR) is 109 cm³/mol. The first kappa shape index (κ1) is 18.7. The van der Waals surface area contributed by atoms with Gasteiger partial charge in [0.15, 0.2) is 0 Å². The predicted octanol–water partition coefficient (Wildman–Crippen LogP) is 3.32. The van der Waals surface area contributed by atoms with Gasteiger partial charge in [-0.15, -0.1) is 0 Å². The van der Waals surface area contributed by atoms with Crippen LogP contribution < -0.4 is 5.32 Å². The number of pyridine rings is 1. The molecule has 1 amide bonds.